The molecule has 1 unspecified atom stereocenters. The SMILES string of the molecule is CNC(c1cc(C)cc(C)c1OC)C1(CO)CCC1. The quantitative estimate of drug-likeness (QED) is 0.858. The number of aliphatic hydroxyl groups excluding tert-OH is 1. The van der Waals surface area contributed by atoms with Crippen LogP contribution in [0.1, 0.15) is 42.0 Å². The zero-order valence-electron chi connectivity index (χ0n) is 12.4. The van der Waals surface area contributed by atoms with E-state index in [2.05, 4.69) is 31.3 Å². The summed E-state index contributed by atoms with van der Waals surface area (Å²) in [6.07, 6.45) is 3.35. The molecular formula is C16H25NO2. The van der Waals surface area contributed by atoms with E-state index in [4.69, 9.17) is 4.74 Å². The first kappa shape index (κ1) is 14.4. The summed E-state index contributed by atoms with van der Waals surface area (Å²) in [6, 6.07) is 4.48. The van der Waals surface area contributed by atoms with Crippen LogP contribution in [0.4, 0.5) is 0 Å². The molecule has 0 spiro atoms. The van der Waals surface area contributed by atoms with Gasteiger partial charge in [-0.3, -0.25) is 0 Å². The summed E-state index contributed by atoms with van der Waals surface area (Å²) in [6.45, 7) is 4.41. The van der Waals surface area contributed by atoms with Crippen molar-refractivity contribution in [1.82, 2.24) is 5.32 Å². The summed E-state index contributed by atoms with van der Waals surface area (Å²) in [7, 11) is 3.69. The number of aliphatic hydroxyl groups is 1. The molecular weight excluding hydrogens is 238 g/mol. The van der Waals surface area contributed by atoms with Crippen LogP contribution >= 0.6 is 0 Å². The molecule has 0 aromatic heterocycles. The normalized spacial score (nSPS) is 18.8. The van der Waals surface area contributed by atoms with E-state index in [1.807, 2.05) is 7.05 Å². The largest absolute Gasteiger partial charge is 0.496 e. The van der Waals surface area contributed by atoms with Crippen molar-refractivity contribution in [3.63, 3.8) is 0 Å². The van der Waals surface area contributed by atoms with Crippen LogP contribution in [0, 0.1) is 19.3 Å². The Balaban J connectivity index is 2.48. The number of hydrogen-bond donors (Lipinski definition) is 2. The number of rotatable bonds is 5. The number of benzene rings is 1. The third-order valence-corrected chi connectivity index (χ3v) is 4.53. The van der Waals surface area contributed by atoms with Crippen LogP contribution in [0.3, 0.4) is 0 Å². The summed E-state index contributed by atoms with van der Waals surface area (Å²) in [5, 5.41) is 13.2. The summed E-state index contributed by atoms with van der Waals surface area (Å²) < 4.78 is 5.60. The minimum Gasteiger partial charge on any atom is -0.496 e. The van der Waals surface area contributed by atoms with Crippen molar-refractivity contribution in [2.45, 2.75) is 39.2 Å². The van der Waals surface area contributed by atoms with Crippen LogP contribution in [0.2, 0.25) is 0 Å². The van der Waals surface area contributed by atoms with Crippen LogP contribution in [0.5, 0.6) is 5.75 Å². The van der Waals surface area contributed by atoms with E-state index in [1.54, 1.807) is 7.11 Å². The highest BCUT2D eigenvalue weighted by molar-refractivity contribution is 5.46. The van der Waals surface area contributed by atoms with Crippen LogP contribution in [0.25, 0.3) is 0 Å². The summed E-state index contributed by atoms with van der Waals surface area (Å²) in [5.41, 5.74) is 3.55. The first-order valence-electron chi connectivity index (χ1n) is 7.01. The molecule has 0 saturated heterocycles. The second-order valence-corrected chi connectivity index (χ2v) is 5.80. The average molecular weight is 263 g/mol. The van der Waals surface area contributed by atoms with Crippen LogP contribution in [-0.2, 0) is 0 Å². The smallest absolute Gasteiger partial charge is 0.126 e. The van der Waals surface area contributed by atoms with Crippen LogP contribution in [-0.4, -0.2) is 25.9 Å². The molecule has 0 heterocycles. The van der Waals surface area contributed by atoms with Crippen molar-refractivity contribution in [2.24, 2.45) is 5.41 Å². The number of aryl methyl sites for hydroxylation is 2. The van der Waals surface area contributed by atoms with E-state index in [1.165, 1.54) is 17.5 Å². The Hall–Kier alpha value is -1.06. The fraction of sp³-hybridized carbons (Fsp3) is 0.625. The van der Waals surface area contributed by atoms with Crippen LogP contribution in [0.15, 0.2) is 12.1 Å². The molecule has 1 aromatic carbocycles. The highest BCUT2D eigenvalue weighted by Crippen LogP contribution is 2.51. The Morgan fingerprint density at radius 2 is 2.05 bits per heavy atom. The zero-order chi connectivity index (χ0) is 14.0. The van der Waals surface area contributed by atoms with Crippen molar-refractivity contribution >= 4 is 0 Å². The Morgan fingerprint density at radius 1 is 1.37 bits per heavy atom. The predicted octanol–water partition coefficient (Wildman–Crippen LogP) is 2.74. The molecule has 106 valence electrons. The maximum atomic E-state index is 9.82. The Bertz CT molecular complexity index is 447. The van der Waals surface area contributed by atoms with E-state index < -0.39 is 0 Å². The molecule has 1 fully saturated rings. The van der Waals surface area contributed by atoms with Gasteiger partial charge in [-0.25, -0.2) is 0 Å². The van der Waals surface area contributed by atoms with Gasteiger partial charge in [0.05, 0.1) is 13.7 Å². The fourth-order valence-corrected chi connectivity index (χ4v) is 3.44. The summed E-state index contributed by atoms with van der Waals surface area (Å²) in [4.78, 5) is 0. The molecule has 0 amide bonds. The van der Waals surface area contributed by atoms with E-state index in [-0.39, 0.29) is 18.1 Å². The predicted molar refractivity (Wildman–Crippen MR) is 77.6 cm³/mol. The number of ether oxygens (including phenoxy) is 1. The molecule has 0 bridgehead atoms. The first-order chi connectivity index (χ1) is 9.07. The number of methoxy groups -OCH3 is 1. The van der Waals surface area contributed by atoms with E-state index in [0.29, 0.717) is 0 Å². The zero-order valence-corrected chi connectivity index (χ0v) is 12.4. The monoisotopic (exact) mass is 263 g/mol. The van der Waals surface area contributed by atoms with Crippen molar-refractivity contribution in [3.05, 3.63) is 28.8 Å². The van der Waals surface area contributed by atoms with Crippen molar-refractivity contribution in [1.29, 1.82) is 0 Å². The second-order valence-electron chi connectivity index (χ2n) is 5.80. The van der Waals surface area contributed by atoms with E-state index in [0.717, 1.165) is 24.2 Å². The first-order valence-corrected chi connectivity index (χ1v) is 7.01. The number of nitrogens with one attached hydrogen (secondary N) is 1. The maximum Gasteiger partial charge on any atom is 0.126 e. The minimum absolute atomic E-state index is 0.0255. The van der Waals surface area contributed by atoms with Gasteiger partial charge in [0.2, 0.25) is 0 Å². The molecule has 19 heavy (non-hydrogen) atoms. The van der Waals surface area contributed by atoms with Gasteiger partial charge in [-0.05, 0) is 39.3 Å². The Morgan fingerprint density at radius 3 is 2.47 bits per heavy atom. The van der Waals surface area contributed by atoms with Crippen molar-refractivity contribution in [2.75, 3.05) is 20.8 Å². The second kappa shape index (κ2) is 5.51. The number of hydrogen-bond acceptors (Lipinski definition) is 3. The molecule has 2 N–H and O–H groups in total. The minimum atomic E-state index is -0.0255. The van der Waals surface area contributed by atoms with Gasteiger partial charge < -0.3 is 15.2 Å². The van der Waals surface area contributed by atoms with Gasteiger partial charge in [0.15, 0.2) is 0 Å². The van der Waals surface area contributed by atoms with Crippen molar-refractivity contribution in [3.8, 4) is 5.75 Å². The van der Waals surface area contributed by atoms with Gasteiger partial charge >= 0.3 is 0 Å². The lowest BCUT2D eigenvalue weighted by atomic mass is 9.62. The molecule has 1 saturated carbocycles. The van der Waals surface area contributed by atoms with E-state index >= 15 is 0 Å². The van der Waals surface area contributed by atoms with Gasteiger partial charge in [-0.15, -0.1) is 0 Å². The van der Waals surface area contributed by atoms with E-state index in [9.17, 15) is 5.11 Å². The highest BCUT2D eigenvalue weighted by atomic mass is 16.5. The standard InChI is InChI=1S/C16H25NO2/c1-11-8-12(2)14(19-4)13(9-11)15(17-3)16(10-18)6-5-7-16/h8-9,15,17-18H,5-7,10H2,1-4H3. The summed E-state index contributed by atoms with van der Waals surface area (Å²) in [5.74, 6) is 0.949. The fourth-order valence-electron chi connectivity index (χ4n) is 3.44. The lowest BCUT2D eigenvalue weighted by molar-refractivity contribution is 0.00709. The third-order valence-electron chi connectivity index (χ3n) is 4.53. The van der Waals surface area contributed by atoms with Gasteiger partial charge in [0, 0.05) is 17.0 Å². The Labute approximate surface area is 116 Å². The van der Waals surface area contributed by atoms with Crippen LogP contribution < -0.4 is 10.1 Å². The lowest BCUT2D eigenvalue weighted by Crippen LogP contribution is -2.44. The molecule has 0 radical (unpaired) electrons. The average Bonchev–Trinajstić information content (AvgIpc) is 2.32. The van der Waals surface area contributed by atoms with Gasteiger partial charge in [0.1, 0.15) is 5.75 Å². The van der Waals surface area contributed by atoms with Gasteiger partial charge in [-0.1, -0.05) is 24.1 Å². The van der Waals surface area contributed by atoms with Crippen molar-refractivity contribution < 1.29 is 9.84 Å². The Kier molecular flexibility index (Phi) is 4.16. The third kappa shape index (κ3) is 2.37. The molecule has 3 heteroatoms. The topological polar surface area (TPSA) is 41.5 Å². The molecule has 1 aromatic rings. The molecule has 3 nitrogen and oxygen atoms in total. The molecule has 1 aliphatic carbocycles. The molecule has 2 rings (SSSR count). The molecule has 1 aliphatic rings. The van der Waals surface area contributed by atoms with Gasteiger partial charge in [-0.2, -0.15) is 0 Å². The van der Waals surface area contributed by atoms with Gasteiger partial charge in [0.25, 0.3) is 0 Å². The lowest BCUT2D eigenvalue weighted by Gasteiger charge is -2.47. The summed E-state index contributed by atoms with van der Waals surface area (Å²) >= 11 is 0. The maximum absolute atomic E-state index is 9.82. The highest BCUT2D eigenvalue weighted by Gasteiger charge is 2.44. The molecule has 0 aliphatic heterocycles. The molecule has 1 atom stereocenters.